The first-order valence-electron chi connectivity index (χ1n) is 7.05. The molecule has 0 saturated carbocycles. The molecule has 22 heavy (non-hydrogen) atoms. The molecule has 2 aromatic carbocycles. The van der Waals surface area contributed by atoms with Gasteiger partial charge >= 0.3 is 0 Å². The molecule has 1 aliphatic rings. The van der Waals surface area contributed by atoms with Crippen LogP contribution in [0.15, 0.2) is 61.2 Å². The minimum Gasteiger partial charge on any atom is -0.375 e. The number of benzene rings is 2. The maximum atomic E-state index is 13.6. The highest BCUT2D eigenvalue weighted by molar-refractivity contribution is 6.06. The van der Waals surface area contributed by atoms with E-state index in [9.17, 15) is 14.3 Å². The van der Waals surface area contributed by atoms with E-state index in [1.54, 1.807) is 0 Å². The number of rotatable bonds is 4. The quantitative estimate of drug-likeness (QED) is 0.881. The van der Waals surface area contributed by atoms with Gasteiger partial charge in [0.25, 0.3) is 5.91 Å². The highest BCUT2D eigenvalue weighted by Crippen LogP contribution is 2.43. The van der Waals surface area contributed by atoms with Crippen LogP contribution >= 0.6 is 0 Å². The maximum Gasteiger partial charge on any atom is 0.264 e. The van der Waals surface area contributed by atoms with Crippen LogP contribution in [0.4, 0.5) is 10.1 Å². The average molecular weight is 297 g/mol. The summed E-state index contributed by atoms with van der Waals surface area (Å²) in [6.45, 7) is 3.91. The van der Waals surface area contributed by atoms with Crippen LogP contribution in [0, 0.1) is 5.82 Å². The zero-order valence-corrected chi connectivity index (χ0v) is 12.0. The van der Waals surface area contributed by atoms with Crippen molar-refractivity contribution in [2.45, 2.75) is 18.6 Å². The van der Waals surface area contributed by atoms with Crippen LogP contribution in [0.2, 0.25) is 0 Å². The number of hydrogen-bond acceptors (Lipinski definition) is 2. The molecule has 0 spiro atoms. The Labute approximate surface area is 128 Å². The smallest absolute Gasteiger partial charge is 0.264 e. The lowest BCUT2D eigenvalue weighted by molar-refractivity contribution is -0.135. The summed E-state index contributed by atoms with van der Waals surface area (Å²) in [4.78, 5) is 14.2. The molecule has 1 heterocycles. The van der Waals surface area contributed by atoms with Crippen molar-refractivity contribution in [3.63, 3.8) is 0 Å². The number of carbonyl (C=O) groups excluding carboxylic acids is 1. The zero-order chi connectivity index (χ0) is 15.7. The molecule has 3 rings (SSSR count). The standard InChI is InChI=1S/C18H16FNO2/c1-2-10-18(22)15-11-14(19)8-9-16(15)20(17(18)21)12-13-6-4-3-5-7-13/h2-9,11,22H,1,10,12H2/t18-/m1/s1. The summed E-state index contributed by atoms with van der Waals surface area (Å²) in [5.41, 5.74) is 0.0374. The molecule has 0 radical (unpaired) electrons. The Bertz CT molecular complexity index is 729. The molecule has 3 nitrogen and oxygen atoms in total. The summed E-state index contributed by atoms with van der Waals surface area (Å²) in [7, 11) is 0. The molecule has 0 aromatic heterocycles. The van der Waals surface area contributed by atoms with E-state index in [1.165, 1.54) is 29.2 Å². The Morgan fingerprint density at radius 3 is 2.64 bits per heavy atom. The molecule has 0 aliphatic carbocycles. The molecule has 112 valence electrons. The lowest BCUT2D eigenvalue weighted by Crippen LogP contribution is -2.39. The van der Waals surface area contributed by atoms with Gasteiger partial charge < -0.3 is 10.0 Å². The monoisotopic (exact) mass is 297 g/mol. The van der Waals surface area contributed by atoms with Crippen molar-refractivity contribution in [2.24, 2.45) is 0 Å². The molecule has 1 aliphatic heterocycles. The first kappa shape index (κ1) is 14.5. The van der Waals surface area contributed by atoms with Crippen LogP contribution < -0.4 is 4.90 Å². The van der Waals surface area contributed by atoms with Gasteiger partial charge in [0, 0.05) is 12.0 Å². The Hall–Kier alpha value is -2.46. The van der Waals surface area contributed by atoms with Gasteiger partial charge in [-0.3, -0.25) is 4.79 Å². The Kier molecular flexibility index (Phi) is 3.54. The lowest BCUT2D eigenvalue weighted by Gasteiger charge is -2.22. The highest BCUT2D eigenvalue weighted by atomic mass is 19.1. The van der Waals surface area contributed by atoms with E-state index in [-0.39, 0.29) is 6.42 Å². The van der Waals surface area contributed by atoms with E-state index in [0.717, 1.165) is 5.56 Å². The molecular formula is C18H16FNO2. The van der Waals surface area contributed by atoms with E-state index in [2.05, 4.69) is 6.58 Å². The molecule has 2 aromatic rings. The summed E-state index contributed by atoms with van der Waals surface area (Å²) in [5.74, 6) is -0.924. The van der Waals surface area contributed by atoms with Gasteiger partial charge in [0.1, 0.15) is 5.82 Å². The van der Waals surface area contributed by atoms with Gasteiger partial charge in [0.2, 0.25) is 0 Å². The summed E-state index contributed by atoms with van der Waals surface area (Å²) in [6.07, 6.45) is 1.52. The summed E-state index contributed by atoms with van der Waals surface area (Å²) >= 11 is 0. The fourth-order valence-corrected chi connectivity index (χ4v) is 2.85. The van der Waals surface area contributed by atoms with E-state index < -0.39 is 17.3 Å². The number of fused-ring (bicyclic) bond motifs is 1. The van der Waals surface area contributed by atoms with Gasteiger partial charge in [-0.15, -0.1) is 6.58 Å². The van der Waals surface area contributed by atoms with Crippen LogP contribution in [0.3, 0.4) is 0 Å². The molecule has 0 fully saturated rings. The van der Waals surface area contributed by atoms with E-state index >= 15 is 0 Å². The number of carbonyl (C=O) groups is 1. The van der Waals surface area contributed by atoms with Crippen molar-refractivity contribution < 1.29 is 14.3 Å². The number of nitrogens with zero attached hydrogens (tertiary/aromatic N) is 1. The van der Waals surface area contributed by atoms with Crippen molar-refractivity contribution in [1.82, 2.24) is 0 Å². The van der Waals surface area contributed by atoms with Gasteiger partial charge in [0.05, 0.1) is 12.2 Å². The predicted molar refractivity (Wildman–Crippen MR) is 82.7 cm³/mol. The second-order valence-corrected chi connectivity index (χ2v) is 5.39. The minimum atomic E-state index is -1.74. The van der Waals surface area contributed by atoms with E-state index in [1.807, 2.05) is 30.3 Å². The third-order valence-corrected chi connectivity index (χ3v) is 3.92. The zero-order valence-electron chi connectivity index (χ0n) is 12.0. The fraction of sp³-hybridized carbons (Fsp3) is 0.167. The Morgan fingerprint density at radius 2 is 1.95 bits per heavy atom. The molecule has 1 amide bonds. The summed E-state index contributed by atoms with van der Waals surface area (Å²) < 4.78 is 13.6. The van der Waals surface area contributed by atoms with Gasteiger partial charge in [0.15, 0.2) is 5.60 Å². The van der Waals surface area contributed by atoms with Crippen LogP contribution in [0.5, 0.6) is 0 Å². The van der Waals surface area contributed by atoms with Crippen LogP contribution in [-0.2, 0) is 16.9 Å². The van der Waals surface area contributed by atoms with Crippen molar-refractivity contribution in [1.29, 1.82) is 0 Å². The Morgan fingerprint density at radius 1 is 1.23 bits per heavy atom. The van der Waals surface area contributed by atoms with E-state index in [0.29, 0.717) is 17.8 Å². The molecule has 1 atom stereocenters. The van der Waals surface area contributed by atoms with E-state index in [4.69, 9.17) is 0 Å². The van der Waals surface area contributed by atoms with Gasteiger partial charge in [-0.1, -0.05) is 36.4 Å². The van der Waals surface area contributed by atoms with Crippen LogP contribution in [-0.4, -0.2) is 11.0 Å². The van der Waals surface area contributed by atoms with Crippen LogP contribution in [0.1, 0.15) is 17.5 Å². The molecular weight excluding hydrogens is 281 g/mol. The lowest BCUT2D eigenvalue weighted by atomic mass is 9.92. The topological polar surface area (TPSA) is 40.5 Å². The Balaban J connectivity index is 2.06. The number of amides is 1. The molecule has 4 heteroatoms. The molecule has 1 N–H and O–H groups in total. The fourth-order valence-electron chi connectivity index (χ4n) is 2.85. The highest BCUT2D eigenvalue weighted by Gasteiger charge is 2.48. The third-order valence-electron chi connectivity index (χ3n) is 3.92. The molecule has 0 unspecified atom stereocenters. The number of anilines is 1. The van der Waals surface area contributed by atoms with Crippen molar-refractivity contribution in [3.8, 4) is 0 Å². The largest absolute Gasteiger partial charge is 0.375 e. The number of halogens is 1. The average Bonchev–Trinajstić information content (AvgIpc) is 2.71. The molecule has 0 bridgehead atoms. The van der Waals surface area contributed by atoms with Crippen molar-refractivity contribution in [2.75, 3.05) is 4.90 Å². The second kappa shape index (κ2) is 5.39. The summed E-state index contributed by atoms with van der Waals surface area (Å²) in [5, 5.41) is 10.8. The number of hydrogen-bond donors (Lipinski definition) is 1. The van der Waals surface area contributed by atoms with Crippen molar-refractivity contribution in [3.05, 3.63) is 78.1 Å². The number of aliphatic hydroxyl groups is 1. The van der Waals surface area contributed by atoms with Gasteiger partial charge in [-0.2, -0.15) is 0 Å². The van der Waals surface area contributed by atoms with Gasteiger partial charge in [-0.25, -0.2) is 4.39 Å². The first-order valence-corrected chi connectivity index (χ1v) is 7.05. The third kappa shape index (κ3) is 2.22. The van der Waals surface area contributed by atoms with Gasteiger partial charge in [-0.05, 0) is 23.8 Å². The maximum absolute atomic E-state index is 13.6. The minimum absolute atomic E-state index is 0.0492. The molecule has 0 saturated heterocycles. The van der Waals surface area contributed by atoms with Crippen LogP contribution in [0.25, 0.3) is 0 Å². The normalized spacial score (nSPS) is 20.1. The first-order chi connectivity index (χ1) is 10.6. The SMILES string of the molecule is C=CC[C@]1(O)C(=O)N(Cc2ccccc2)c2ccc(F)cc21. The van der Waals surface area contributed by atoms with Crippen molar-refractivity contribution >= 4 is 11.6 Å². The predicted octanol–water partition coefficient (Wildman–Crippen LogP) is 3.14. The summed E-state index contributed by atoms with van der Waals surface area (Å²) in [6, 6.07) is 13.5. The second-order valence-electron chi connectivity index (χ2n) is 5.39.